The number of aromatic nitrogens is 2. The topological polar surface area (TPSA) is 49.0 Å². The molecule has 1 unspecified atom stereocenters. The Hall–Kier alpha value is -2.40. The zero-order valence-electron chi connectivity index (χ0n) is 14.5. The number of benzene rings is 1. The Morgan fingerprint density at radius 3 is 2.72 bits per heavy atom. The van der Waals surface area contributed by atoms with Crippen molar-refractivity contribution < 1.29 is 4.79 Å². The molecular weight excluding hydrogens is 330 g/mol. The summed E-state index contributed by atoms with van der Waals surface area (Å²) in [6.45, 7) is 5.00. The van der Waals surface area contributed by atoms with Crippen molar-refractivity contribution in [2.24, 2.45) is 0 Å². The largest absolute Gasteiger partial charge is 0.325 e. The summed E-state index contributed by atoms with van der Waals surface area (Å²) in [7, 11) is 0. The van der Waals surface area contributed by atoms with Crippen LogP contribution in [-0.4, -0.2) is 27.5 Å². The molecule has 3 aromatic rings. The number of carbonyl (C=O) groups is 1. The summed E-state index contributed by atoms with van der Waals surface area (Å²) in [5.41, 5.74) is 4.82. The van der Waals surface area contributed by atoms with Crippen molar-refractivity contribution in [3.05, 3.63) is 63.5 Å². The first-order valence-electron chi connectivity index (χ1n) is 8.70. The molecule has 0 aliphatic carbocycles. The van der Waals surface area contributed by atoms with Gasteiger partial charge in [-0.25, -0.2) is 0 Å². The zero-order valence-corrected chi connectivity index (χ0v) is 15.3. The third-order valence-corrected chi connectivity index (χ3v) is 5.68. The molecule has 3 heterocycles. The SMILES string of the molecule is CCCCN1C(=O)c2[nH]nc(-c3ccc(C)cc3)c2C1c1cccs1. The summed E-state index contributed by atoms with van der Waals surface area (Å²) < 4.78 is 0. The maximum Gasteiger partial charge on any atom is 0.273 e. The van der Waals surface area contributed by atoms with Crippen molar-refractivity contribution in [3.63, 3.8) is 0 Å². The number of H-pyrrole nitrogens is 1. The Morgan fingerprint density at radius 2 is 2.04 bits per heavy atom. The molecule has 1 aliphatic rings. The number of amides is 1. The quantitative estimate of drug-likeness (QED) is 0.718. The van der Waals surface area contributed by atoms with Gasteiger partial charge in [-0.3, -0.25) is 9.89 Å². The Kier molecular flexibility index (Phi) is 4.17. The molecule has 0 bridgehead atoms. The van der Waals surface area contributed by atoms with Crippen molar-refractivity contribution in [2.45, 2.75) is 32.7 Å². The lowest BCUT2D eigenvalue weighted by Gasteiger charge is -2.25. The molecule has 0 spiro atoms. The van der Waals surface area contributed by atoms with E-state index in [-0.39, 0.29) is 11.9 Å². The second-order valence-electron chi connectivity index (χ2n) is 6.50. The minimum absolute atomic E-state index is 0.0379. The number of hydrogen-bond acceptors (Lipinski definition) is 3. The van der Waals surface area contributed by atoms with E-state index >= 15 is 0 Å². The normalized spacial score (nSPS) is 16.5. The second kappa shape index (κ2) is 6.48. The number of rotatable bonds is 5. The highest BCUT2D eigenvalue weighted by atomic mass is 32.1. The van der Waals surface area contributed by atoms with Gasteiger partial charge in [0.2, 0.25) is 0 Å². The zero-order chi connectivity index (χ0) is 17.4. The van der Waals surface area contributed by atoms with E-state index in [4.69, 9.17) is 0 Å². The fourth-order valence-electron chi connectivity index (χ4n) is 3.43. The molecule has 1 N–H and O–H groups in total. The van der Waals surface area contributed by atoms with Crippen LogP contribution >= 0.6 is 11.3 Å². The number of nitrogens with zero attached hydrogens (tertiary/aromatic N) is 2. The van der Waals surface area contributed by atoms with Gasteiger partial charge in [0.15, 0.2) is 0 Å². The molecule has 4 nitrogen and oxygen atoms in total. The van der Waals surface area contributed by atoms with Gasteiger partial charge in [-0.15, -0.1) is 11.3 Å². The highest BCUT2D eigenvalue weighted by Gasteiger charge is 2.42. The molecule has 4 rings (SSSR count). The van der Waals surface area contributed by atoms with Crippen LogP contribution in [0, 0.1) is 6.92 Å². The van der Waals surface area contributed by atoms with E-state index in [0.29, 0.717) is 5.69 Å². The van der Waals surface area contributed by atoms with E-state index in [1.54, 1.807) is 11.3 Å². The highest BCUT2D eigenvalue weighted by molar-refractivity contribution is 7.10. The van der Waals surface area contributed by atoms with Gasteiger partial charge < -0.3 is 4.90 Å². The van der Waals surface area contributed by atoms with Gasteiger partial charge in [0.1, 0.15) is 5.69 Å². The molecule has 25 heavy (non-hydrogen) atoms. The van der Waals surface area contributed by atoms with Crippen LogP contribution in [0.15, 0.2) is 41.8 Å². The van der Waals surface area contributed by atoms with Crippen LogP contribution < -0.4 is 0 Å². The van der Waals surface area contributed by atoms with Crippen molar-refractivity contribution in [1.29, 1.82) is 0 Å². The maximum atomic E-state index is 13.0. The molecule has 1 amide bonds. The number of carbonyl (C=O) groups excluding carboxylic acids is 1. The Labute approximate surface area is 151 Å². The first-order chi connectivity index (χ1) is 12.2. The lowest BCUT2D eigenvalue weighted by Crippen LogP contribution is -2.30. The van der Waals surface area contributed by atoms with E-state index < -0.39 is 0 Å². The smallest absolute Gasteiger partial charge is 0.273 e. The molecule has 0 saturated carbocycles. The van der Waals surface area contributed by atoms with Crippen molar-refractivity contribution in [3.8, 4) is 11.3 Å². The Bertz CT molecular complexity index is 880. The third-order valence-electron chi connectivity index (χ3n) is 4.75. The average molecular weight is 351 g/mol. The van der Waals surface area contributed by atoms with Crippen LogP contribution in [0.2, 0.25) is 0 Å². The molecule has 0 saturated heterocycles. The summed E-state index contributed by atoms with van der Waals surface area (Å²) in [6.07, 6.45) is 2.07. The lowest BCUT2D eigenvalue weighted by molar-refractivity contribution is 0.0743. The van der Waals surface area contributed by atoms with Crippen LogP contribution in [0.3, 0.4) is 0 Å². The predicted molar refractivity (Wildman–Crippen MR) is 101 cm³/mol. The number of nitrogens with one attached hydrogen (secondary N) is 1. The van der Waals surface area contributed by atoms with Gasteiger partial charge in [-0.05, 0) is 24.8 Å². The highest BCUT2D eigenvalue weighted by Crippen LogP contribution is 2.44. The summed E-state index contributed by atoms with van der Waals surface area (Å²) in [5, 5.41) is 9.58. The minimum atomic E-state index is -0.0379. The Morgan fingerprint density at radius 1 is 1.24 bits per heavy atom. The van der Waals surface area contributed by atoms with Crippen LogP contribution in [0.1, 0.15) is 52.3 Å². The van der Waals surface area contributed by atoms with E-state index in [0.717, 1.165) is 36.2 Å². The van der Waals surface area contributed by atoms with Crippen molar-refractivity contribution in [1.82, 2.24) is 15.1 Å². The summed E-state index contributed by atoms with van der Waals surface area (Å²) in [5.74, 6) is 0.0627. The number of unbranched alkanes of at least 4 members (excludes halogenated alkanes) is 1. The fourth-order valence-corrected chi connectivity index (χ4v) is 4.28. The van der Waals surface area contributed by atoms with Crippen LogP contribution in [0.5, 0.6) is 0 Å². The van der Waals surface area contributed by atoms with Crippen LogP contribution in [-0.2, 0) is 0 Å². The molecule has 1 aromatic carbocycles. The monoisotopic (exact) mass is 351 g/mol. The first-order valence-corrected chi connectivity index (χ1v) is 9.58. The average Bonchev–Trinajstić information content (AvgIpc) is 3.33. The van der Waals surface area contributed by atoms with Crippen molar-refractivity contribution >= 4 is 17.2 Å². The van der Waals surface area contributed by atoms with Gasteiger partial charge in [-0.1, -0.05) is 49.2 Å². The molecule has 2 aromatic heterocycles. The summed E-state index contributed by atoms with van der Waals surface area (Å²) >= 11 is 1.70. The van der Waals surface area contributed by atoms with E-state index in [2.05, 4.69) is 59.8 Å². The maximum absolute atomic E-state index is 13.0. The summed E-state index contributed by atoms with van der Waals surface area (Å²) in [6, 6.07) is 12.5. The summed E-state index contributed by atoms with van der Waals surface area (Å²) in [4.78, 5) is 16.2. The molecule has 1 atom stereocenters. The molecule has 5 heteroatoms. The lowest BCUT2D eigenvalue weighted by atomic mass is 10.00. The van der Waals surface area contributed by atoms with Gasteiger partial charge in [0.25, 0.3) is 5.91 Å². The van der Waals surface area contributed by atoms with Gasteiger partial charge in [0, 0.05) is 22.5 Å². The van der Waals surface area contributed by atoms with Crippen molar-refractivity contribution in [2.75, 3.05) is 6.54 Å². The number of hydrogen-bond donors (Lipinski definition) is 1. The van der Waals surface area contributed by atoms with Gasteiger partial charge >= 0.3 is 0 Å². The predicted octanol–water partition coefficient (Wildman–Crippen LogP) is 4.79. The van der Waals surface area contributed by atoms with E-state index in [1.807, 2.05) is 11.0 Å². The second-order valence-corrected chi connectivity index (χ2v) is 7.48. The number of aromatic amines is 1. The van der Waals surface area contributed by atoms with E-state index in [9.17, 15) is 4.79 Å². The molecule has 1 aliphatic heterocycles. The molecule has 128 valence electrons. The number of thiophene rings is 1. The Balaban J connectivity index is 1.83. The fraction of sp³-hybridized carbons (Fsp3) is 0.300. The van der Waals surface area contributed by atoms with Gasteiger partial charge in [0.05, 0.1) is 11.7 Å². The third kappa shape index (κ3) is 2.68. The number of aryl methyl sites for hydroxylation is 1. The minimum Gasteiger partial charge on any atom is -0.325 e. The van der Waals surface area contributed by atoms with Crippen LogP contribution in [0.25, 0.3) is 11.3 Å². The van der Waals surface area contributed by atoms with Crippen LogP contribution in [0.4, 0.5) is 0 Å². The standard InChI is InChI=1S/C20H21N3OS/c1-3-4-11-23-19(15-6-5-12-25-15)16-17(21-22-18(16)20(23)24)14-9-7-13(2)8-10-14/h5-10,12,19H,3-4,11H2,1-2H3,(H,21,22). The first kappa shape index (κ1) is 16.1. The number of fused-ring (bicyclic) bond motifs is 1. The molecule has 0 fully saturated rings. The van der Waals surface area contributed by atoms with E-state index in [1.165, 1.54) is 10.4 Å². The van der Waals surface area contributed by atoms with Gasteiger partial charge in [-0.2, -0.15) is 5.10 Å². The molecular formula is C20H21N3OS. The molecule has 0 radical (unpaired) electrons.